The van der Waals surface area contributed by atoms with Crippen molar-refractivity contribution in [2.24, 2.45) is 5.92 Å². The zero-order chi connectivity index (χ0) is 13.5. The maximum absolute atomic E-state index is 11.9. The lowest BCUT2D eigenvalue weighted by atomic mass is 10.0. The first kappa shape index (κ1) is 15.2. The first-order chi connectivity index (χ1) is 8.54. The number of rotatable bonds is 6. The standard InChI is InChI=1S/C14H20BrNO2/c1-10(2)13(7-8-17)16-14(18)9-11-5-3-4-6-12(11)15/h3-6,10,13,17H,7-9H2,1-2H3,(H,16,18). The second kappa shape index (κ2) is 7.54. The molecule has 0 saturated carbocycles. The number of amides is 1. The molecule has 0 aliphatic rings. The Morgan fingerprint density at radius 1 is 1.39 bits per heavy atom. The Hall–Kier alpha value is -0.870. The summed E-state index contributed by atoms with van der Waals surface area (Å²) in [5, 5.41) is 11.9. The van der Waals surface area contributed by atoms with Crippen LogP contribution >= 0.6 is 15.9 Å². The van der Waals surface area contributed by atoms with Gasteiger partial charge in [0.2, 0.25) is 5.91 Å². The molecule has 0 radical (unpaired) electrons. The lowest BCUT2D eigenvalue weighted by Crippen LogP contribution is -2.40. The molecule has 1 aromatic carbocycles. The van der Waals surface area contributed by atoms with E-state index in [0.717, 1.165) is 10.0 Å². The van der Waals surface area contributed by atoms with Crippen molar-refractivity contribution < 1.29 is 9.90 Å². The van der Waals surface area contributed by atoms with E-state index in [2.05, 4.69) is 21.2 Å². The van der Waals surface area contributed by atoms with Crippen LogP contribution in [0.15, 0.2) is 28.7 Å². The Morgan fingerprint density at radius 3 is 2.61 bits per heavy atom. The smallest absolute Gasteiger partial charge is 0.224 e. The van der Waals surface area contributed by atoms with Crippen LogP contribution in [0.4, 0.5) is 0 Å². The molecule has 1 atom stereocenters. The summed E-state index contributed by atoms with van der Waals surface area (Å²) in [7, 11) is 0. The van der Waals surface area contributed by atoms with Crippen LogP contribution in [0.2, 0.25) is 0 Å². The molecule has 100 valence electrons. The first-order valence-electron chi connectivity index (χ1n) is 6.18. The molecule has 4 heteroatoms. The molecule has 0 bridgehead atoms. The van der Waals surface area contributed by atoms with Gasteiger partial charge in [0.05, 0.1) is 6.42 Å². The highest BCUT2D eigenvalue weighted by atomic mass is 79.9. The fourth-order valence-corrected chi connectivity index (χ4v) is 2.21. The lowest BCUT2D eigenvalue weighted by Gasteiger charge is -2.21. The Labute approximate surface area is 117 Å². The van der Waals surface area contributed by atoms with Crippen LogP contribution in [0.25, 0.3) is 0 Å². The van der Waals surface area contributed by atoms with Crippen LogP contribution in [0.3, 0.4) is 0 Å². The lowest BCUT2D eigenvalue weighted by molar-refractivity contribution is -0.121. The van der Waals surface area contributed by atoms with Gasteiger partial charge in [-0.05, 0) is 24.0 Å². The predicted molar refractivity (Wildman–Crippen MR) is 76.3 cm³/mol. The number of hydrogen-bond acceptors (Lipinski definition) is 2. The van der Waals surface area contributed by atoms with E-state index in [1.807, 2.05) is 38.1 Å². The molecule has 1 rings (SSSR count). The number of carbonyl (C=O) groups excluding carboxylic acids is 1. The minimum absolute atomic E-state index is 0.00551. The van der Waals surface area contributed by atoms with Gasteiger partial charge in [0.15, 0.2) is 0 Å². The maximum Gasteiger partial charge on any atom is 0.224 e. The topological polar surface area (TPSA) is 49.3 Å². The molecule has 18 heavy (non-hydrogen) atoms. The highest BCUT2D eigenvalue weighted by Crippen LogP contribution is 2.16. The van der Waals surface area contributed by atoms with Crippen molar-refractivity contribution in [3.63, 3.8) is 0 Å². The Bertz CT molecular complexity index is 393. The maximum atomic E-state index is 11.9. The third-order valence-corrected chi connectivity index (χ3v) is 3.67. The van der Waals surface area contributed by atoms with Crippen molar-refractivity contribution >= 4 is 21.8 Å². The highest BCUT2D eigenvalue weighted by molar-refractivity contribution is 9.10. The van der Waals surface area contributed by atoms with E-state index in [4.69, 9.17) is 5.11 Å². The summed E-state index contributed by atoms with van der Waals surface area (Å²) in [4.78, 5) is 11.9. The summed E-state index contributed by atoms with van der Waals surface area (Å²) in [5.74, 6) is 0.314. The summed E-state index contributed by atoms with van der Waals surface area (Å²) in [6.45, 7) is 4.18. The normalized spacial score (nSPS) is 12.5. The first-order valence-corrected chi connectivity index (χ1v) is 6.97. The van der Waals surface area contributed by atoms with E-state index in [1.165, 1.54) is 0 Å². The summed E-state index contributed by atoms with van der Waals surface area (Å²) >= 11 is 3.43. The van der Waals surface area contributed by atoms with E-state index in [1.54, 1.807) is 0 Å². The molecule has 0 spiro atoms. The number of halogens is 1. The van der Waals surface area contributed by atoms with E-state index >= 15 is 0 Å². The van der Waals surface area contributed by atoms with Gasteiger partial charge in [-0.3, -0.25) is 4.79 Å². The monoisotopic (exact) mass is 313 g/mol. The quantitative estimate of drug-likeness (QED) is 0.848. The van der Waals surface area contributed by atoms with Gasteiger partial charge in [-0.15, -0.1) is 0 Å². The molecular weight excluding hydrogens is 294 g/mol. The summed E-state index contributed by atoms with van der Waals surface area (Å²) in [6.07, 6.45) is 0.954. The Morgan fingerprint density at radius 2 is 2.06 bits per heavy atom. The molecule has 1 aromatic rings. The number of aliphatic hydroxyl groups is 1. The van der Waals surface area contributed by atoms with Gasteiger partial charge in [0, 0.05) is 17.1 Å². The molecule has 0 saturated heterocycles. The number of hydrogen-bond donors (Lipinski definition) is 2. The fourth-order valence-electron chi connectivity index (χ4n) is 1.78. The third kappa shape index (κ3) is 4.78. The SMILES string of the molecule is CC(C)C(CCO)NC(=O)Cc1ccccc1Br. The van der Waals surface area contributed by atoms with Gasteiger partial charge in [0.1, 0.15) is 0 Å². The van der Waals surface area contributed by atoms with Crippen LogP contribution < -0.4 is 5.32 Å². The van der Waals surface area contributed by atoms with E-state index in [9.17, 15) is 4.79 Å². The second-order valence-electron chi connectivity index (χ2n) is 4.70. The molecule has 0 aromatic heterocycles. The number of benzene rings is 1. The Kier molecular flexibility index (Phi) is 6.36. The molecular formula is C14H20BrNO2. The fraction of sp³-hybridized carbons (Fsp3) is 0.500. The molecule has 0 fully saturated rings. The van der Waals surface area contributed by atoms with Gasteiger partial charge in [-0.25, -0.2) is 0 Å². The molecule has 0 aliphatic heterocycles. The van der Waals surface area contributed by atoms with Gasteiger partial charge in [-0.2, -0.15) is 0 Å². The van der Waals surface area contributed by atoms with Gasteiger partial charge in [0.25, 0.3) is 0 Å². The van der Waals surface area contributed by atoms with E-state index < -0.39 is 0 Å². The van der Waals surface area contributed by atoms with Crippen LogP contribution in [0, 0.1) is 5.92 Å². The van der Waals surface area contributed by atoms with Crippen molar-refractivity contribution in [2.45, 2.75) is 32.7 Å². The van der Waals surface area contributed by atoms with Crippen LogP contribution in [0.1, 0.15) is 25.8 Å². The predicted octanol–water partition coefficient (Wildman–Crippen LogP) is 2.51. The number of carbonyl (C=O) groups is 1. The molecule has 0 heterocycles. The van der Waals surface area contributed by atoms with Crippen molar-refractivity contribution in [3.8, 4) is 0 Å². The van der Waals surface area contributed by atoms with Crippen molar-refractivity contribution in [1.82, 2.24) is 5.32 Å². The molecule has 2 N–H and O–H groups in total. The minimum Gasteiger partial charge on any atom is -0.396 e. The number of nitrogens with one attached hydrogen (secondary N) is 1. The zero-order valence-electron chi connectivity index (χ0n) is 10.8. The number of aliphatic hydroxyl groups excluding tert-OH is 1. The largest absolute Gasteiger partial charge is 0.396 e. The molecule has 3 nitrogen and oxygen atoms in total. The van der Waals surface area contributed by atoms with Crippen molar-refractivity contribution in [1.29, 1.82) is 0 Å². The van der Waals surface area contributed by atoms with Crippen LogP contribution in [-0.4, -0.2) is 23.7 Å². The van der Waals surface area contributed by atoms with E-state index in [0.29, 0.717) is 18.8 Å². The summed E-state index contributed by atoms with van der Waals surface area (Å²) < 4.78 is 0.948. The van der Waals surface area contributed by atoms with Gasteiger partial charge >= 0.3 is 0 Å². The van der Waals surface area contributed by atoms with Crippen molar-refractivity contribution in [3.05, 3.63) is 34.3 Å². The molecule has 1 amide bonds. The van der Waals surface area contributed by atoms with Gasteiger partial charge < -0.3 is 10.4 Å². The average Bonchev–Trinajstić information content (AvgIpc) is 2.31. The Balaban J connectivity index is 2.58. The van der Waals surface area contributed by atoms with Crippen LogP contribution in [0.5, 0.6) is 0 Å². The zero-order valence-corrected chi connectivity index (χ0v) is 12.4. The molecule has 1 unspecified atom stereocenters. The van der Waals surface area contributed by atoms with Crippen LogP contribution in [-0.2, 0) is 11.2 Å². The highest BCUT2D eigenvalue weighted by Gasteiger charge is 2.16. The minimum atomic E-state index is -0.00551. The van der Waals surface area contributed by atoms with Gasteiger partial charge in [-0.1, -0.05) is 48.0 Å². The second-order valence-corrected chi connectivity index (χ2v) is 5.55. The summed E-state index contributed by atoms with van der Waals surface area (Å²) in [6, 6.07) is 7.73. The third-order valence-electron chi connectivity index (χ3n) is 2.90. The van der Waals surface area contributed by atoms with Crippen molar-refractivity contribution in [2.75, 3.05) is 6.61 Å². The summed E-state index contributed by atoms with van der Waals surface area (Å²) in [5.41, 5.74) is 0.974. The van der Waals surface area contributed by atoms with E-state index in [-0.39, 0.29) is 18.6 Å². The average molecular weight is 314 g/mol. The molecule has 0 aliphatic carbocycles.